The second kappa shape index (κ2) is 8.15. The van der Waals surface area contributed by atoms with Gasteiger partial charge in [-0.05, 0) is 48.1 Å². The highest BCUT2D eigenvalue weighted by atomic mass is 35.5. The molecule has 1 aromatic heterocycles. The van der Waals surface area contributed by atoms with Gasteiger partial charge in [0, 0.05) is 16.3 Å². The molecule has 0 aliphatic heterocycles. The van der Waals surface area contributed by atoms with Crippen LogP contribution in [-0.2, 0) is 5.75 Å². The van der Waals surface area contributed by atoms with Crippen LogP contribution in [0.1, 0.15) is 40.4 Å². The number of nitrogens with one attached hydrogen (secondary N) is 2. The molecule has 0 unspecified atom stereocenters. The van der Waals surface area contributed by atoms with Gasteiger partial charge in [-0.25, -0.2) is 4.98 Å². The van der Waals surface area contributed by atoms with Crippen LogP contribution in [-0.4, -0.2) is 21.1 Å². The van der Waals surface area contributed by atoms with Gasteiger partial charge in [0.2, 0.25) is 0 Å². The third kappa shape index (κ3) is 4.51. The molecule has 0 bridgehead atoms. The first-order valence-electron chi connectivity index (χ1n) is 8.83. The van der Waals surface area contributed by atoms with Crippen LogP contribution in [0.3, 0.4) is 0 Å². The molecule has 0 radical (unpaired) electrons. The van der Waals surface area contributed by atoms with E-state index in [1.807, 2.05) is 48.5 Å². The average Bonchev–Trinajstić information content (AvgIpc) is 3.40. The maximum Gasteiger partial charge on any atom is 0.252 e. The first kappa shape index (κ1) is 18.1. The van der Waals surface area contributed by atoms with Gasteiger partial charge in [0.1, 0.15) is 6.33 Å². The van der Waals surface area contributed by atoms with Gasteiger partial charge in [0.25, 0.3) is 5.91 Å². The lowest BCUT2D eigenvalue weighted by Crippen LogP contribution is -2.30. The van der Waals surface area contributed by atoms with E-state index < -0.39 is 0 Å². The number of aromatic amines is 1. The molecule has 1 aliphatic rings. The Morgan fingerprint density at radius 3 is 2.70 bits per heavy atom. The quantitative estimate of drug-likeness (QED) is 0.569. The molecule has 0 saturated heterocycles. The summed E-state index contributed by atoms with van der Waals surface area (Å²) < 4.78 is 0. The molecule has 1 atom stereocenters. The summed E-state index contributed by atoms with van der Waals surface area (Å²) in [5, 5.41) is 11.4. The molecule has 3 aromatic rings. The fourth-order valence-electron chi connectivity index (χ4n) is 3.07. The number of carbonyl (C=O) groups excluding carboxylic acids is 1. The summed E-state index contributed by atoms with van der Waals surface area (Å²) in [5.74, 6) is 1.09. The molecule has 1 heterocycles. The molecule has 1 fully saturated rings. The van der Waals surface area contributed by atoms with Crippen LogP contribution in [0.25, 0.3) is 0 Å². The summed E-state index contributed by atoms with van der Waals surface area (Å²) in [6.07, 6.45) is 3.75. The van der Waals surface area contributed by atoms with E-state index in [4.69, 9.17) is 11.6 Å². The number of hydrogen-bond donors (Lipinski definition) is 2. The molecule has 0 spiro atoms. The number of rotatable bonds is 7. The Kier molecular flexibility index (Phi) is 5.45. The molecule has 2 aromatic carbocycles. The smallest absolute Gasteiger partial charge is 0.252 e. The molecule has 5 nitrogen and oxygen atoms in total. The van der Waals surface area contributed by atoms with Crippen LogP contribution in [0.4, 0.5) is 0 Å². The Morgan fingerprint density at radius 1 is 1.22 bits per heavy atom. The van der Waals surface area contributed by atoms with Gasteiger partial charge in [-0.2, -0.15) is 5.10 Å². The zero-order valence-electron chi connectivity index (χ0n) is 14.6. The van der Waals surface area contributed by atoms with Crippen molar-refractivity contribution in [3.05, 3.63) is 76.6 Å². The minimum atomic E-state index is -0.0457. The minimum Gasteiger partial charge on any atom is -0.345 e. The number of halogens is 1. The second-order valence-corrected chi connectivity index (χ2v) is 7.98. The van der Waals surface area contributed by atoms with Gasteiger partial charge >= 0.3 is 0 Å². The number of thioether (sulfide) groups is 1. The van der Waals surface area contributed by atoms with Crippen molar-refractivity contribution in [1.82, 2.24) is 20.5 Å². The van der Waals surface area contributed by atoms with Gasteiger partial charge in [0.05, 0.1) is 6.04 Å². The summed E-state index contributed by atoms with van der Waals surface area (Å²) in [6.45, 7) is 0. The lowest BCUT2D eigenvalue weighted by molar-refractivity contribution is 0.0931. The van der Waals surface area contributed by atoms with E-state index in [1.54, 1.807) is 0 Å². The van der Waals surface area contributed by atoms with Crippen molar-refractivity contribution in [3.8, 4) is 0 Å². The summed E-state index contributed by atoms with van der Waals surface area (Å²) in [5.41, 5.74) is 2.77. The molecular formula is C20H19ClN4OS. The van der Waals surface area contributed by atoms with Crippen LogP contribution < -0.4 is 5.32 Å². The lowest BCUT2D eigenvalue weighted by atomic mass is 10.0. The van der Waals surface area contributed by atoms with E-state index >= 15 is 0 Å². The highest BCUT2D eigenvalue weighted by Gasteiger charge is 2.33. The van der Waals surface area contributed by atoms with E-state index in [-0.39, 0.29) is 11.9 Å². The fourth-order valence-corrected chi connectivity index (χ4v) is 3.98. The first-order valence-corrected chi connectivity index (χ1v) is 10.2. The molecule has 7 heteroatoms. The molecular weight excluding hydrogens is 380 g/mol. The maximum atomic E-state index is 13.0. The highest BCUT2D eigenvalue weighted by molar-refractivity contribution is 7.98. The number of carbonyl (C=O) groups is 1. The SMILES string of the molecule is O=C(N[C@H](c1ccc(Cl)cc1)C1CC1)c1ccccc1CSc1ncn[nH]1. The summed E-state index contributed by atoms with van der Waals surface area (Å²) >= 11 is 7.53. The van der Waals surface area contributed by atoms with E-state index in [1.165, 1.54) is 18.1 Å². The monoisotopic (exact) mass is 398 g/mol. The van der Waals surface area contributed by atoms with Crippen molar-refractivity contribution in [1.29, 1.82) is 0 Å². The third-order valence-corrected chi connectivity index (χ3v) is 5.81. The maximum absolute atomic E-state index is 13.0. The fraction of sp³-hybridized carbons (Fsp3) is 0.250. The number of amides is 1. The number of aromatic nitrogens is 3. The Bertz CT molecular complexity index is 910. The van der Waals surface area contributed by atoms with Crippen LogP contribution in [0.5, 0.6) is 0 Å². The second-order valence-electron chi connectivity index (χ2n) is 6.58. The van der Waals surface area contributed by atoms with Crippen LogP contribution in [0, 0.1) is 5.92 Å². The number of nitrogens with zero attached hydrogens (tertiary/aromatic N) is 2. The van der Waals surface area contributed by atoms with E-state index in [0.29, 0.717) is 22.3 Å². The zero-order chi connectivity index (χ0) is 18.6. The van der Waals surface area contributed by atoms with Crippen molar-refractivity contribution >= 4 is 29.3 Å². The van der Waals surface area contributed by atoms with Crippen molar-refractivity contribution in [2.24, 2.45) is 5.92 Å². The van der Waals surface area contributed by atoms with Crippen LogP contribution in [0.15, 0.2) is 60.0 Å². The van der Waals surface area contributed by atoms with Crippen molar-refractivity contribution in [2.75, 3.05) is 0 Å². The standard InChI is InChI=1S/C20H19ClN4OS/c21-16-9-7-14(8-10-16)18(13-5-6-13)24-19(26)17-4-2-1-3-15(17)11-27-20-22-12-23-25-20/h1-4,7-10,12-13,18H,5-6,11H2,(H,24,26)(H,22,23,25)/t18-/m0/s1. The summed E-state index contributed by atoms with van der Waals surface area (Å²) in [7, 11) is 0. The Hall–Kier alpha value is -2.31. The van der Waals surface area contributed by atoms with Gasteiger partial charge in [-0.3, -0.25) is 9.89 Å². The number of hydrogen-bond acceptors (Lipinski definition) is 4. The molecule has 27 heavy (non-hydrogen) atoms. The predicted molar refractivity (Wildman–Crippen MR) is 107 cm³/mol. The Labute approximate surface area is 166 Å². The number of H-pyrrole nitrogens is 1. The van der Waals surface area contributed by atoms with E-state index in [2.05, 4.69) is 20.5 Å². The third-order valence-electron chi connectivity index (χ3n) is 4.63. The zero-order valence-corrected chi connectivity index (χ0v) is 16.1. The predicted octanol–water partition coefficient (Wildman–Crippen LogP) is 4.63. The van der Waals surface area contributed by atoms with Crippen molar-refractivity contribution < 1.29 is 4.79 Å². The molecule has 1 aliphatic carbocycles. The average molecular weight is 399 g/mol. The Balaban J connectivity index is 1.50. The summed E-state index contributed by atoms with van der Waals surface area (Å²) in [4.78, 5) is 17.1. The van der Waals surface area contributed by atoms with Gasteiger partial charge in [-0.15, -0.1) is 0 Å². The van der Waals surface area contributed by atoms with E-state index in [0.717, 1.165) is 29.1 Å². The van der Waals surface area contributed by atoms with E-state index in [9.17, 15) is 4.79 Å². The molecule has 1 saturated carbocycles. The molecule has 2 N–H and O–H groups in total. The van der Waals surface area contributed by atoms with Gasteiger partial charge in [-0.1, -0.05) is 53.7 Å². The number of benzene rings is 2. The highest BCUT2D eigenvalue weighted by Crippen LogP contribution is 2.41. The Morgan fingerprint density at radius 2 is 2.00 bits per heavy atom. The van der Waals surface area contributed by atoms with Gasteiger partial charge < -0.3 is 5.32 Å². The van der Waals surface area contributed by atoms with Crippen LogP contribution in [0.2, 0.25) is 5.02 Å². The largest absolute Gasteiger partial charge is 0.345 e. The van der Waals surface area contributed by atoms with Crippen LogP contribution >= 0.6 is 23.4 Å². The topological polar surface area (TPSA) is 70.7 Å². The molecule has 1 amide bonds. The van der Waals surface area contributed by atoms with Crippen molar-refractivity contribution in [3.63, 3.8) is 0 Å². The van der Waals surface area contributed by atoms with Crippen molar-refractivity contribution in [2.45, 2.75) is 29.8 Å². The first-order chi connectivity index (χ1) is 13.2. The summed E-state index contributed by atoms with van der Waals surface area (Å²) in [6, 6.07) is 15.5. The normalized spacial score (nSPS) is 14.7. The molecule has 4 rings (SSSR count). The molecule has 138 valence electrons. The minimum absolute atomic E-state index is 0.0183. The van der Waals surface area contributed by atoms with Gasteiger partial charge in [0.15, 0.2) is 5.16 Å². The lowest BCUT2D eigenvalue weighted by Gasteiger charge is -2.20.